The predicted molar refractivity (Wildman–Crippen MR) is 121 cm³/mol. The third-order valence-electron chi connectivity index (χ3n) is 5.70. The number of H-pyrrole nitrogens is 1. The van der Waals surface area contributed by atoms with Crippen LogP contribution in [0.2, 0.25) is 0 Å². The first-order valence-electron chi connectivity index (χ1n) is 10.2. The van der Waals surface area contributed by atoms with Crippen LogP contribution in [-0.2, 0) is 4.79 Å². The van der Waals surface area contributed by atoms with Crippen LogP contribution in [-0.4, -0.2) is 38.8 Å². The first-order chi connectivity index (χ1) is 14.2. The molecule has 1 N–H and O–H groups in total. The first-order valence-corrected chi connectivity index (χ1v) is 11.5. The highest BCUT2D eigenvalue weighted by Crippen LogP contribution is 2.32. The minimum Gasteiger partial charge on any atom is -0.340 e. The Morgan fingerprint density at radius 3 is 2.48 bits per heavy atom. The van der Waals surface area contributed by atoms with Gasteiger partial charge in [0.1, 0.15) is 5.82 Å². The molecule has 0 bridgehead atoms. The summed E-state index contributed by atoms with van der Waals surface area (Å²) in [6.45, 7) is 2.80. The normalized spacial score (nSPS) is 17.9. The first kappa shape index (κ1) is 19.8. The number of nitrogens with one attached hydrogen (secondary N) is 1. The third kappa shape index (κ3) is 4.25. The van der Waals surface area contributed by atoms with Crippen molar-refractivity contribution in [3.05, 3.63) is 66.6 Å². The van der Waals surface area contributed by atoms with E-state index in [2.05, 4.69) is 58.5 Å². The van der Waals surface area contributed by atoms with Crippen molar-refractivity contribution in [2.45, 2.75) is 37.5 Å². The number of hydrogen-bond acceptors (Lipinski definition) is 3. The van der Waals surface area contributed by atoms with E-state index in [9.17, 15) is 4.79 Å². The molecule has 2 aromatic carbocycles. The maximum Gasteiger partial charge on any atom is 0.236 e. The maximum atomic E-state index is 12.8. The van der Waals surface area contributed by atoms with Gasteiger partial charge in [-0.3, -0.25) is 4.79 Å². The molecule has 0 radical (unpaired) electrons. The van der Waals surface area contributed by atoms with Gasteiger partial charge in [0.05, 0.1) is 23.2 Å². The van der Waals surface area contributed by atoms with E-state index in [-0.39, 0.29) is 17.2 Å². The number of thioether (sulfide) groups is 1. The number of carbonyl (C=O) groups excluding carboxylic acids is 1. The third-order valence-corrected chi connectivity index (χ3v) is 6.61. The number of aromatic amines is 1. The number of carbonyl (C=O) groups is 1. The number of benzene rings is 2. The fraction of sp³-hybridized carbons (Fsp3) is 0.333. The van der Waals surface area contributed by atoms with Crippen molar-refractivity contribution in [3.63, 3.8) is 0 Å². The Morgan fingerprint density at radius 2 is 1.76 bits per heavy atom. The van der Waals surface area contributed by atoms with Crippen LogP contribution < -0.4 is 0 Å². The van der Waals surface area contributed by atoms with E-state index in [4.69, 9.17) is 0 Å². The zero-order valence-electron chi connectivity index (χ0n) is 17.0. The van der Waals surface area contributed by atoms with Crippen LogP contribution in [0.4, 0.5) is 0 Å². The predicted octanol–water partition coefficient (Wildman–Crippen LogP) is 5.55. The molecule has 29 heavy (non-hydrogen) atoms. The molecule has 1 aliphatic rings. The summed E-state index contributed by atoms with van der Waals surface area (Å²) in [6, 6.07) is 19.0. The van der Waals surface area contributed by atoms with Gasteiger partial charge in [-0.25, -0.2) is 4.98 Å². The van der Waals surface area contributed by atoms with Gasteiger partial charge in [-0.15, -0.1) is 0 Å². The van der Waals surface area contributed by atoms with E-state index >= 15 is 0 Å². The molecule has 2 atom stereocenters. The van der Waals surface area contributed by atoms with Gasteiger partial charge < -0.3 is 9.88 Å². The molecule has 0 saturated carbocycles. The molecule has 1 amide bonds. The van der Waals surface area contributed by atoms with Gasteiger partial charge >= 0.3 is 0 Å². The molecular weight excluding hydrogens is 378 g/mol. The topological polar surface area (TPSA) is 49.0 Å². The van der Waals surface area contributed by atoms with Gasteiger partial charge in [-0.2, -0.15) is 11.8 Å². The van der Waals surface area contributed by atoms with Crippen molar-refractivity contribution in [1.82, 2.24) is 14.9 Å². The van der Waals surface area contributed by atoms with E-state index in [1.54, 1.807) is 11.8 Å². The van der Waals surface area contributed by atoms with Crippen LogP contribution in [0.5, 0.6) is 0 Å². The van der Waals surface area contributed by atoms with Gasteiger partial charge in [0, 0.05) is 6.54 Å². The average Bonchev–Trinajstić information content (AvgIpc) is 3.29. The highest BCUT2D eigenvalue weighted by atomic mass is 32.2. The zero-order valence-corrected chi connectivity index (χ0v) is 17.8. The minimum atomic E-state index is -0.0180. The Kier molecular flexibility index (Phi) is 6.05. The Morgan fingerprint density at radius 1 is 1.07 bits per heavy atom. The summed E-state index contributed by atoms with van der Waals surface area (Å²) in [5.41, 5.74) is 4.51. The SMILES string of the molecule is CSC(C)C(=O)N1CCCCC1c1ncc(-c2ccc(-c3ccccc3)cc2)[nH]1. The second-order valence-electron chi connectivity index (χ2n) is 7.55. The molecule has 4 nitrogen and oxygen atoms in total. The monoisotopic (exact) mass is 405 g/mol. The number of likely N-dealkylation sites (tertiary alicyclic amines) is 1. The largest absolute Gasteiger partial charge is 0.340 e. The molecule has 2 unspecified atom stereocenters. The summed E-state index contributed by atoms with van der Waals surface area (Å²) >= 11 is 1.60. The Bertz CT molecular complexity index is 952. The number of aromatic nitrogens is 2. The Labute approximate surface area is 176 Å². The lowest BCUT2D eigenvalue weighted by molar-refractivity contribution is -0.134. The van der Waals surface area contributed by atoms with Gasteiger partial charge in [0.2, 0.25) is 5.91 Å². The highest BCUT2D eigenvalue weighted by molar-refractivity contribution is 7.99. The second kappa shape index (κ2) is 8.87. The van der Waals surface area contributed by atoms with Gasteiger partial charge in [-0.1, -0.05) is 54.6 Å². The molecule has 0 aliphatic carbocycles. The van der Waals surface area contributed by atoms with Crippen LogP contribution in [0.3, 0.4) is 0 Å². The molecule has 1 aromatic heterocycles. The van der Waals surface area contributed by atoms with E-state index in [0.29, 0.717) is 0 Å². The van der Waals surface area contributed by atoms with E-state index in [0.717, 1.165) is 42.9 Å². The van der Waals surface area contributed by atoms with Crippen LogP contribution >= 0.6 is 11.8 Å². The molecular formula is C24H27N3OS. The van der Waals surface area contributed by atoms with Crippen molar-refractivity contribution in [3.8, 4) is 22.4 Å². The summed E-state index contributed by atoms with van der Waals surface area (Å²) in [5, 5.41) is -0.0180. The van der Waals surface area contributed by atoms with Gasteiger partial charge in [0.25, 0.3) is 0 Å². The van der Waals surface area contributed by atoms with Crippen LogP contribution in [0.1, 0.15) is 38.1 Å². The molecule has 0 spiro atoms. The number of piperidine rings is 1. The molecule has 2 heterocycles. The maximum absolute atomic E-state index is 12.8. The summed E-state index contributed by atoms with van der Waals surface area (Å²) in [5.74, 6) is 1.11. The number of hydrogen-bond donors (Lipinski definition) is 1. The van der Waals surface area contributed by atoms with Gasteiger partial charge in [0.15, 0.2) is 0 Å². The number of nitrogens with zero attached hydrogens (tertiary/aromatic N) is 2. The second-order valence-corrected chi connectivity index (χ2v) is 8.73. The molecule has 1 aliphatic heterocycles. The van der Waals surface area contributed by atoms with Crippen LogP contribution in [0, 0.1) is 0 Å². The zero-order chi connectivity index (χ0) is 20.2. The quantitative estimate of drug-likeness (QED) is 0.605. The van der Waals surface area contributed by atoms with Crippen molar-refractivity contribution in [2.24, 2.45) is 0 Å². The number of imidazole rings is 1. The number of rotatable bonds is 5. The lowest BCUT2D eigenvalue weighted by Gasteiger charge is -2.36. The highest BCUT2D eigenvalue weighted by Gasteiger charge is 2.32. The van der Waals surface area contributed by atoms with E-state index in [1.165, 1.54) is 11.1 Å². The standard InChI is InChI=1S/C24H27N3OS/c1-17(29-2)24(28)27-15-7-6-10-22(27)23-25-16-21(26-23)20-13-11-19(12-14-20)18-8-4-3-5-9-18/h3-5,8-9,11-14,16-17,22H,6-7,10,15H2,1-2H3,(H,25,26). The summed E-state index contributed by atoms with van der Waals surface area (Å²) in [7, 11) is 0. The van der Waals surface area contributed by atoms with E-state index < -0.39 is 0 Å². The molecule has 1 saturated heterocycles. The van der Waals surface area contributed by atoms with Crippen molar-refractivity contribution in [1.29, 1.82) is 0 Å². The summed E-state index contributed by atoms with van der Waals surface area (Å²) < 4.78 is 0. The van der Waals surface area contributed by atoms with Crippen molar-refractivity contribution in [2.75, 3.05) is 12.8 Å². The minimum absolute atomic E-state index is 0.0180. The molecule has 1 fully saturated rings. The van der Waals surface area contributed by atoms with Crippen LogP contribution in [0.25, 0.3) is 22.4 Å². The molecule has 3 aromatic rings. The van der Waals surface area contributed by atoms with E-state index in [1.807, 2.05) is 30.3 Å². The lowest BCUT2D eigenvalue weighted by Crippen LogP contribution is -2.42. The fourth-order valence-corrected chi connectivity index (χ4v) is 4.28. The Hall–Kier alpha value is -2.53. The van der Waals surface area contributed by atoms with Crippen molar-refractivity contribution >= 4 is 17.7 Å². The smallest absolute Gasteiger partial charge is 0.236 e. The number of amides is 1. The molecule has 150 valence electrons. The molecule has 5 heteroatoms. The molecule has 4 rings (SSSR count). The van der Waals surface area contributed by atoms with Crippen LogP contribution in [0.15, 0.2) is 60.8 Å². The average molecular weight is 406 g/mol. The fourth-order valence-electron chi connectivity index (χ4n) is 3.94. The lowest BCUT2D eigenvalue weighted by atomic mass is 10.0. The summed E-state index contributed by atoms with van der Waals surface area (Å²) in [4.78, 5) is 23.0. The van der Waals surface area contributed by atoms with Crippen molar-refractivity contribution < 1.29 is 4.79 Å². The van der Waals surface area contributed by atoms with Gasteiger partial charge in [-0.05, 0) is 49.1 Å². The Balaban J connectivity index is 1.55. The summed E-state index contributed by atoms with van der Waals surface area (Å²) in [6.07, 6.45) is 7.04.